The maximum absolute atomic E-state index is 10.5. The minimum atomic E-state index is -0.561. The molecule has 14 heavy (non-hydrogen) atoms. The molecule has 0 spiro atoms. The molecule has 0 N–H and O–H groups in total. The van der Waals surface area contributed by atoms with Gasteiger partial charge in [0.15, 0.2) is 5.75 Å². The Labute approximate surface area is 81.6 Å². The summed E-state index contributed by atoms with van der Waals surface area (Å²) in [6.45, 7) is 3.08. The second-order valence-corrected chi connectivity index (χ2v) is 2.77. The van der Waals surface area contributed by atoms with E-state index in [0.29, 0.717) is 5.56 Å². The van der Waals surface area contributed by atoms with Gasteiger partial charge in [0.25, 0.3) is 0 Å². The van der Waals surface area contributed by atoms with E-state index in [9.17, 15) is 4.79 Å². The van der Waals surface area contributed by atoms with E-state index in [0.717, 1.165) is 5.56 Å². The van der Waals surface area contributed by atoms with Crippen molar-refractivity contribution in [1.82, 2.24) is 0 Å². The lowest BCUT2D eigenvalue weighted by atomic mass is 10.1. The van der Waals surface area contributed by atoms with Crippen LogP contribution in [0.1, 0.15) is 18.1 Å². The van der Waals surface area contributed by atoms with Gasteiger partial charge in [0, 0.05) is 6.92 Å². The first-order chi connectivity index (χ1) is 6.63. The van der Waals surface area contributed by atoms with E-state index >= 15 is 0 Å². The van der Waals surface area contributed by atoms with Gasteiger partial charge in [-0.1, -0.05) is 6.07 Å². The normalized spacial score (nSPS) is 8.93. The number of nitriles is 1. The average molecular weight is 191 g/mol. The summed E-state index contributed by atoms with van der Waals surface area (Å²) in [5.41, 5.74) is 1.28. The van der Waals surface area contributed by atoms with Gasteiger partial charge in [-0.3, -0.25) is 9.78 Å². The first-order valence-electron chi connectivity index (χ1n) is 3.99. The number of hydrogen-bond acceptors (Lipinski definition) is 4. The van der Waals surface area contributed by atoms with Crippen LogP contribution in [0.3, 0.4) is 0 Å². The third kappa shape index (κ3) is 2.49. The van der Waals surface area contributed by atoms with Crippen molar-refractivity contribution in [3.63, 3.8) is 0 Å². The Balaban J connectivity index is 2.87. The predicted octanol–water partition coefficient (Wildman–Crippen LogP) is 1.72. The molecule has 0 fully saturated rings. The van der Waals surface area contributed by atoms with Crippen molar-refractivity contribution < 1.29 is 14.6 Å². The van der Waals surface area contributed by atoms with E-state index in [-0.39, 0.29) is 5.75 Å². The highest BCUT2D eigenvalue weighted by Gasteiger charge is 2.05. The molecule has 1 aromatic carbocycles. The van der Waals surface area contributed by atoms with Gasteiger partial charge in [0.05, 0.1) is 5.56 Å². The van der Waals surface area contributed by atoms with E-state index < -0.39 is 5.97 Å². The Bertz CT molecular complexity index is 393. The number of hydrogen-bond donors (Lipinski definition) is 0. The molecule has 1 aromatic rings. The van der Waals surface area contributed by atoms with E-state index in [4.69, 9.17) is 5.26 Å². The molecule has 0 aliphatic heterocycles. The molecule has 4 heteroatoms. The Morgan fingerprint density at radius 3 is 2.79 bits per heavy atom. The van der Waals surface area contributed by atoms with Crippen LogP contribution in [0.15, 0.2) is 18.2 Å². The Morgan fingerprint density at radius 2 is 2.21 bits per heavy atom. The first kappa shape index (κ1) is 10.1. The van der Waals surface area contributed by atoms with Crippen LogP contribution >= 0.6 is 0 Å². The van der Waals surface area contributed by atoms with E-state index in [2.05, 4.69) is 9.78 Å². The lowest BCUT2D eigenvalue weighted by Crippen LogP contribution is -2.03. The molecule has 0 saturated heterocycles. The molecule has 0 bridgehead atoms. The molecule has 0 aliphatic carbocycles. The summed E-state index contributed by atoms with van der Waals surface area (Å²) in [4.78, 5) is 19.4. The summed E-state index contributed by atoms with van der Waals surface area (Å²) in [7, 11) is 0. The molecule has 4 nitrogen and oxygen atoms in total. The molecule has 0 saturated carbocycles. The molecular weight excluding hydrogens is 182 g/mol. The number of carbonyl (C=O) groups excluding carboxylic acids is 1. The number of carbonyl (C=O) groups is 1. The number of nitrogens with zero attached hydrogens (tertiary/aromatic N) is 1. The second kappa shape index (κ2) is 4.28. The molecule has 0 aromatic heterocycles. The van der Waals surface area contributed by atoms with Crippen molar-refractivity contribution in [1.29, 1.82) is 5.26 Å². The predicted molar refractivity (Wildman–Crippen MR) is 48.3 cm³/mol. The van der Waals surface area contributed by atoms with Gasteiger partial charge in [-0.25, -0.2) is 4.79 Å². The number of aryl methyl sites for hydroxylation is 1. The van der Waals surface area contributed by atoms with Crippen LogP contribution < -0.4 is 4.89 Å². The van der Waals surface area contributed by atoms with Gasteiger partial charge < -0.3 is 0 Å². The largest absolute Gasteiger partial charge is 0.352 e. The van der Waals surface area contributed by atoms with Crippen LogP contribution in [-0.2, 0) is 9.68 Å². The second-order valence-electron chi connectivity index (χ2n) is 2.77. The maximum atomic E-state index is 10.5. The standard InChI is InChI=1S/C10H9NO3/c1-7-3-4-10(9(5-7)6-11)14-13-8(2)12/h3-5H,1-2H3. The smallest absolute Gasteiger partial charge is 0.286 e. The van der Waals surface area contributed by atoms with Crippen LogP contribution in [-0.4, -0.2) is 5.97 Å². The first-order valence-corrected chi connectivity index (χ1v) is 3.99. The van der Waals surface area contributed by atoms with E-state index in [1.807, 2.05) is 13.0 Å². The topological polar surface area (TPSA) is 59.3 Å². The summed E-state index contributed by atoms with van der Waals surface area (Å²) < 4.78 is 0. The lowest BCUT2D eigenvalue weighted by Gasteiger charge is -2.04. The summed E-state index contributed by atoms with van der Waals surface area (Å²) in [6.07, 6.45) is 0. The summed E-state index contributed by atoms with van der Waals surface area (Å²) >= 11 is 0. The zero-order valence-corrected chi connectivity index (χ0v) is 7.90. The fourth-order valence-electron chi connectivity index (χ4n) is 0.907. The van der Waals surface area contributed by atoms with Crippen molar-refractivity contribution >= 4 is 5.97 Å². The monoisotopic (exact) mass is 191 g/mol. The lowest BCUT2D eigenvalue weighted by molar-refractivity contribution is -0.210. The zero-order valence-electron chi connectivity index (χ0n) is 7.90. The molecule has 0 atom stereocenters. The molecule has 0 radical (unpaired) electrons. The number of benzene rings is 1. The van der Waals surface area contributed by atoms with Crippen LogP contribution in [0.25, 0.3) is 0 Å². The van der Waals surface area contributed by atoms with Gasteiger partial charge in [-0.2, -0.15) is 5.26 Å². The highest BCUT2D eigenvalue weighted by molar-refractivity contribution is 5.65. The van der Waals surface area contributed by atoms with Gasteiger partial charge in [0.1, 0.15) is 6.07 Å². The summed E-state index contributed by atoms with van der Waals surface area (Å²) in [6, 6.07) is 6.94. The summed E-state index contributed by atoms with van der Waals surface area (Å²) in [5, 5.41) is 8.74. The molecule has 0 amide bonds. The minimum absolute atomic E-state index is 0.244. The van der Waals surface area contributed by atoms with Crippen LogP contribution in [0.4, 0.5) is 0 Å². The average Bonchev–Trinajstić information content (AvgIpc) is 2.15. The Kier molecular flexibility index (Phi) is 3.08. The highest BCUT2D eigenvalue weighted by Crippen LogP contribution is 2.18. The van der Waals surface area contributed by atoms with E-state index in [1.54, 1.807) is 18.2 Å². The Morgan fingerprint density at radius 1 is 1.50 bits per heavy atom. The SMILES string of the molecule is CC(=O)OOc1ccc(C)cc1C#N. The van der Waals surface area contributed by atoms with Gasteiger partial charge in [0.2, 0.25) is 0 Å². The zero-order chi connectivity index (χ0) is 10.6. The molecule has 0 aliphatic rings. The fourth-order valence-corrected chi connectivity index (χ4v) is 0.907. The van der Waals surface area contributed by atoms with Crippen molar-refractivity contribution in [2.24, 2.45) is 0 Å². The molecule has 72 valence electrons. The number of rotatable bonds is 2. The van der Waals surface area contributed by atoms with Crippen molar-refractivity contribution in [3.05, 3.63) is 29.3 Å². The van der Waals surface area contributed by atoms with E-state index in [1.165, 1.54) is 6.92 Å². The third-order valence-corrected chi connectivity index (χ3v) is 1.50. The molecular formula is C10H9NO3. The van der Waals surface area contributed by atoms with Crippen LogP contribution in [0.5, 0.6) is 5.75 Å². The molecule has 0 unspecified atom stereocenters. The van der Waals surface area contributed by atoms with Gasteiger partial charge in [-0.15, -0.1) is 0 Å². The van der Waals surface area contributed by atoms with Gasteiger partial charge >= 0.3 is 5.97 Å². The maximum Gasteiger partial charge on any atom is 0.352 e. The van der Waals surface area contributed by atoms with Crippen LogP contribution in [0, 0.1) is 18.3 Å². The summed E-state index contributed by atoms with van der Waals surface area (Å²) in [5.74, 6) is -0.317. The van der Waals surface area contributed by atoms with Crippen molar-refractivity contribution in [2.45, 2.75) is 13.8 Å². The quantitative estimate of drug-likeness (QED) is 0.527. The van der Waals surface area contributed by atoms with Crippen molar-refractivity contribution in [3.8, 4) is 11.8 Å². The minimum Gasteiger partial charge on any atom is -0.286 e. The fraction of sp³-hybridized carbons (Fsp3) is 0.200. The third-order valence-electron chi connectivity index (χ3n) is 1.50. The van der Waals surface area contributed by atoms with Gasteiger partial charge in [-0.05, 0) is 24.6 Å². The van der Waals surface area contributed by atoms with Crippen molar-refractivity contribution in [2.75, 3.05) is 0 Å². The van der Waals surface area contributed by atoms with Crippen LogP contribution in [0.2, 0.25) is 0 Å². The Hall–Kier alpha value is -2.02. The molecule has 0 heterocycles. The highest BCUT2D eigenvalue weighted by atomic mass is 17.2. The molecule has 1 rings (SSSR count).